The van der Waals surface area contributed by atoms with Gasteiger partial charge in [-0.25, -0.2) is 8.42 Å². The van der Waals surface area contributed by atoms with Gasteiger partial charge in [-0.2, -0.15) is 0 Å². The molecule has 0 amide bonds. The van der Waals surface area contributed by atoms with Crippen molar-refractivity contribution in [3.63, 3.8) is 0 Å². The molecule has 0 unspecified atom stereocenters. The van der Waals surface area contributed by atoms with Crippen molar-refractivity contribution < 1.29 is 8.42 Å². The van der Waals surface area contributed by atoms with Crippen LogP contribution in [0.3, 0.4) is 0 Å². The van der Waals surface area contributed by atoms with Crippen LogP contribution in [0, 0.1) is 0 Å². The maximum absolute atomic E-state index is 12.1. The molecule has 1 N–H and O–H groups in total. The first kappa shape index (κ1) is 13.3. The first-order valence-corrected chi connectivity index (χ1v) is 7.91. The second-order valence-electron chi connectivity index (χ2n) is 3.54. The van der Waals surface area contributed by atoms with Crippen molar-refractivity contribution in [1.29, 1.82) is 0 Å². The lowest BCUT2D eigenvalue weighted by Gasteiger charge is -2.06. The zero-order chi connectivity index (χ0) is 13.2. The van der Waals surface area contributed by atoms with Gasteiger partial charge in [-0.15, -0.1) is 11.3 Å². The summed E-state index contributed by atoms with van der Waals surface area (Å²) in [7, 11) is -3.58. The van der Waals surface area contributed by atoms with Crippen LogP contribution in [0.25, 0.3) is 0 Å². The van der Waals surface area contributed by atoms with Gasteiger partial charge in [0.2, 0.25) is 0 Å². The molecule has 2 rings (SSSR count). The molecule has 18 heavy (non-hydrogen) atoms. The Balaban J connectivity index is 2.30. The van der Waals surface area contributed by atoms with Crippen LogP contribution in [0.2, 0.25) is 5.02 Å². The molecule has 2 aromatic rings. The fourth-order valence-electron chi connectivity index (χ4n) is 1.34. The lowest BCUT2D eigenvalue weighted by Crippen LogP contribution is -2.11. The van der Waals surface area contributed by atoms with Gasteiger partial charge in [0.1, 0.15) is 4.21 Å². The zero-order valence-corrected chi connectivity index (χ0v) is 11.9. The molecule has 0 bridgehead atoms. The second kappa shape index (κ2) is 5.26. The number of pyridine rings is 1. The van der Waals surface area contributed by atoms with Gasteiger partial charge in [0.25, 0.3) is 10.0 Å². The molecule has 0 aliphatic carbocycles. The Morgan fingerprint density at radius 2 is 2.17 bits per heavy atom. The van der Waals surface area contributed by atoms with E-state index in [1.165, 1.54) is 29.8 Å². The third-order valence-electron chi connectivity index (χ3n) is 2.26. The van der Waals surface area contributed by atoms with Crippen molar-refractivity contribution >= 4 is 38.6 Å². The minimum atomic E-state index is -3.58. The fourth-order valence-corrected chi connectivity index (χ4v) is 3.91. The third-order valence-corrected chi connectivity index (χ3v) is 5.68. The molecule has 0 saturated carbocycles. The highest BCUT2D eigenvalue weighted by molar-refractivity contribution is 7.94. The standard InChI is InChI=1S/C11H11ClN2O2S2/c1-2-8-3-4-11(17-8)18(15,16)14-10-7-13-6-5-9(10)12/h3-7,14H,2H2,1H3. The minimum absolute atomic E-state index is 0.277. The van der Waals surface area contributed by atoms with E-state index < -0.39 is 10.0 Å². The van der Waals surface area contributed by atoms with Crippen LogP contribution >= 0.6 is 22.9 Å². The SMILES string of the molecule is CCc1ccc(S(=O)(=O)Nc2cnccc2Cl)s1. The van der Waals surface area contributed by atoms with Crippen molar-refractivity contribution in [3.8, 4) is 0 Å². The van der Waals surface area contributed by atoms with Crippen LogP contribution < -0.4 is 4.72 Å². The lowest BCUT2D eigenvalue weighted by molar-refractivity contribution is 0.603. The van der Waals surface area contributed by atoms with E-state index in [9.17, 15) is 8.42 Å². The molecule has 7 heteroatoms. The number of anilines is 1. The summed E-state index contributed by atoms with van der Waals surface area (Å²) in [6.45, 7) is 1.98. The summed E-state index contributed by atoms with van der Waals surface area (Å²) in [4.78, 5) is 4.86. The predicted molar refractivity (Wildman–Crippen MR) is 73.8 cm³/mol. The number of aromatic nitrogens is 1. The van der Waals surface area contributed by atoms with E-state index in [0.717, 1.165) is 11.3 Å². The zero-order valence-electron chi connectivity index (χ0n) is 9.55. The van der Waals surface area contributed by atoms with Crippen molar-refractivity contribution in [2.45, 2.75) is 17.6 Å². The Morgan fingerprint density at radius 1 is 1.39 bits per heavy atom. The summed E-state index contributed by atoms with van der Waals surface area (Å²) in [6, 6.07) is 4.94. The van der Waals surface area contributed by atoms with Gasteiger partial charge < -0.3 is 0 Å². The monoisotopic (exact) mass is 302 g/mol. The van der Waals surface area contributed by atoms with Crippen molar-refractivity contribution in [3.05, 3.63) is 40.5 Å². The van der Waals surface area contributed by atoms with Gasteiger partial charge in [0, 0.05) is 11.1 Å². The number of hydrogen-bond acceptors (Lipinski definition) is 4. The molecule has 0 radical (unpaired) electrons. The quantitative estimate of drug-likeness (QED) is 0.944. The van der Waals surface area contributed by atoms with Gasteiger partial charge in [-0.05, 0) is 24.6 Å². The van der Waals surface area contributed by atoms with Crippen LogP contribution in [0.4, 0.5) is 5.69 Å². The molecule has 0 aliphatic heterocycles. The van der Waals surface area contributed by atoms with Crippen LogP contribution in [-0.4, -0.2) is 13.4 Å². The minimum Gasteiger partial charge on any atom is -0.276 e. The van der Waals surface area contributed by atoms with Crippen molar-refractivity contribution in [2.24, 2.45) is 0 Å². The van der Waals surface area contributed by atoms with E-state index in [1.54, 1.807) is 6.07 Å². The number of nitrogens with one attached hydrogen (secondary N) is 1. The molecular weight excluding hydrogens is 292 g/mol. The van der Waals surface area contributed by atoms with Crippen LogP contribution in [0.1, 0.15) is 11.8 Å². The van der Waals surface area contributed by atoms with Crippen LogP contribution in [0.5, 0.6) is 0 Å². The molecule has 0 spiro atoms. The molecule has 0 aliphatic rings. The molecule has 0 fully saturated rings. The first-order valence-electron chi connectivity index (χ1n) is 5.24. The van der Waals surface area contributed by atoms with E-state index in [1.807, 2.05) is 13.0 Å². The van der Waals surface area contributed by atoms with Crippen molar-refractivity contribution in [2.75, 3.05) is 4.72 Å². The number of nitrogens with zero attached hydrogens (tertiary/aromatic N) is 1. The van der Waals surface area contributed by atoms with Crippen molar-refractivity contribution in [1.82, 2.24) is 4.98 Å². The molecule has 4 nitrogen and oxygen atoms in total. The van der Waals surface area contributed by atoms with Crippen LogP contribution in [-0.2, 0) is 16.4 Å². The fraction of sp³-hybridized carbons (Fsp3) is 0.182. The maximum atomic E-state index is 12.1. The Labute approximate surface area is 115 Å². The first-order chi connectivity index (χ1) is 8.53. The molecular formula is C11H11ClN2O2S2. The number of aryl methyl sites for hydroxylation is 1. The van der Waals surface area contributed by atoms with E-state index in [-0.39, 0.29) is 9.90 Å². The Morgan fingerprint density at radius 3 is 2.78 bits per heavy atom. The van der Waals surface area contributed by atoms with E-state index in [2.05, 4.69) is 9.71 Å². The number of thiophene rings is 1. The molecule has 2 heterocycles. The number of hydrogen-bond donors (Lipinski definition) is 1. The highest BCUT2D eigenvalue weighted by atomic mass is 35.5. The summed E-state index contributed by atoms with van der Waals surface area (Å²) in [5.74, 6) is 0. The molecule has 0 saturated heterocycles. The number of rotatable bonds is 4. The number of sulfonamides is 1. The predicted octanol–water partition coefficient (Wildman–Crippen LogP) is 3.16. The Bertz CT molecular complexity index is 653. The van der Waals surface area contributed by atoms with Gasteiger partial charge in [0.05, 0.1) is 16.9 Å². The lowest BCUT2D eigenvalue weighted by atomic mass is 10.4. The normalized spacial score (nSPS) is 11.4. The average Bonchev–Trinajstić information content (AvgIpc) is 2.81. The molecule has 0 aromatic carbocycles. The van der Waals surface area contributed by atoms with E-state index in [4.69, 9.17) is 11.6 Å². The molecule has 0 atom stereocenters. The summed E-state index contributed by atoms with van der Waals surface area (Å²) in [5.41, 5.74) is 0.283. The summed E-state index contributed by atoms with van der Waals surface area (Å²) in [6.07, 6.45) is 3.70. The van der Waals surface area contributed by atoms with Gasteiger partial charge in [-0.1, -0.05) is 18.5 Å². The van der Waals surface area contributed by atoms with Crippen LogP contribution in [0.15, 0.2) is 34.8 Å². The molecule has 96 valence electrons. The topological polar surface area (TPSA) is 59.1 Å². The van der Waals surface area contributed by atoms with E-state index in [0.29, 0.717) is 5.02 Å². The summed E-state index contributed by atoms with van der Waals surface area (Å²) < 4.78 is 26.9. The summed E-state index contributed by atoms with van der Waals surface area (Å²) >= 11 is 7.14. The van der Waals surface area contributed by atoms with E-state index >= 15 is 0 Å². The average molecular weight is 303 g/mol. The van der Waals surface area contributed by atoms with Gasteiger partial charge in [-0.3, -0.25) is 9.71 Å². The van der Waals surface area contributed by atoms with Gasteiger partial charge >= 0.3 is 0 Å². The largest absolute Gasteiger partial charge is 0.276 e. The summed E-state index contributed by atoms with van der Waals surface area (Å²) in [5, 5.41) is 0.320. The third kappa shape index (κ3) is 2.82. The van der Waals surface area contributed by atoms with Gasteiger partial charge in [0.15, 0.2) is 0 Å². The molecule has 2 aromatic heterocycles. The second-order valence-corrected chi connectivity index (χ2v) is 7.02. The number of halogens is 1. The smallest absolute Gasteiger partial charge is 0.271 e. The highest BCUT2D eigenvalue weighted by Crippen LogP contribution is 2.26. The maximum Gasteiger partial charge on any atom is 0.271 e. The Hall–Kier alpha value is -1.11. The highest BCUT2D eigenvalue weighted by Gasteiger charge is 2.17. The Kier molecular flexibility index (Phi) is 3.89.